The zero-order chi connectivity index (χ0) is 14.2. The third-order valence-corrected chi connectivity index (χ3v) is 6.20. The monoisotopic (exact) mass is 278 g/mol. The Morgan fingerprint density at radius 3 is 2.10 bits per heavy atom. The van der Waals surface area contributed by atoms with Crippen LogP contribution in [0, 0.1) is 5.41 Å². The van der Waals surface area contributed by atoms with Crippen LogP contribution in [-0.2, 0) is 0 Å². The summed E-state index contributed by atoms with van der Waals surface area (Å²) >= 11 is 0. The fraction of sp³-hybridized carbons (Fsp3) is 1.00. The molecular formula is C18H34N2. The second-order valence-corrected chi connectivity index (χ2v) is 8.35. The van der Waals surface area contributed by atoms with E-state index in [9.17, 15) is 0 Å². The molecule has 3 fully saturated rings. The van der Waals surface area contributed by atoms with Gasteiger partial charge in [0.1, 0.15) is 0 Å². The lowest BCUT2D eigenvalue weighted by molar-refractivity contribution is 0.0315. The van der Waals surface area contributed by atoms with E-state index in [2.05, 4.69) is 31.0 Å². The van der Waals surface area contributed by atoms with Gasteiger partial charge in [-0.3, -0.25) is 4.90 Å². The summed E-state index contributed by atoms with van der Waals surface area (Å²) in [6.45, 7) is 8.40. The molecule has 0 amide bonds. The molecular weight excluding hydrogens is 244 g/mol. The Hall–Kier alpha value is -0.0800. The molecule has 3 aliphatic rings. The second kappa shape index (κ2) is 5.96. The van der Waals surface area contributed by atoms with Crippen LogP contribution < -0.4 is 5.32 Å². The first-order valence-electron chi connectivity index (χ1n) is 9.10. The Labute approximate surface area is 125 Å². The van der Waals surface area contributed by atoms with Crippen molar-refractivity contribution < 1.29 is 0 Å². The minimum Gasteiger partial charge on any atom is -0.314 e. The van der Waals surface area contributed by atoms with Crippen molar-refractivity contribution in [1.29, 1.82) is 0 Å². The van der Waals surface area contributed by atoms with Crippen LogP contribution in [0.3, 0.4) is 0 Å². The van der Waals surface area contributed by atoms with Gasteiger partial charge in [0.05, 0.1) is 0 Å². The van der Waals surface area contributed by atoms with E-state index >= 15 is 0 Å². The lowest BCUT2D eigenvalue weighted by Gasteiger charge is -2.47. The molecule has 1 N–H and O–H groups in total. The van der Waals surface area contributed by atoms with E-state index in [1.807, 2.05) is 0 Å². The Balaban J connectivity index is 1.57. The second-order valence-electron chi connectivity index (χ2n) is 8.35. The standard InChI is InChI=1S/C18H34N2/c1-4-11-19-14-12-16-5-6-17(13-14)20(16)15-7-9-18(2,3)10-8-15/h14-17,19H,4-13H2,1-3H3. The highest BCUT2D eigenvalue weighted by molar-refractivity contribution is 5.01. The Kier molecular flexibility index (Phi) is 4.42. The smallest absolute Gasteiger partial charge is 0.0116 e. The van der Waals surface area contributed by atoms with E-state index in [1.54, 1.807) is 0 Å². The number of rotatable bonds is 4. The summed E-state index contributed by atoms with van der Waals surface area (Å²) in [6, 6.07) is 3.51. The zero-order valence-electron chi connectivity index (χ0n) is 13.8. The molecule has 2 heteroatoms. The zero-order valence-corrected chi connectivity index (χ0v) is 13.8. The van der Waals surface area contributed by atoms with E-state index in [4.69, 9.17) is 0 Å². The summed E-state index contributed by atoms with van der Waals surface area (Å²) in [5.74, 6) is 0. The summed E-state index contributed by atoms with van der Waals surface area (Å²) in [5, 5.41) is 3.78. The minimum absolute atomic E-state index is 0.608. The number of hydrogen-bond acceptors (Lipinski definition) is 2. The molecule has 1 aliphatic carbocycles. The van der Waals surface area contributed by atoms with E-state index in [-0.39, 0.29) is 0 Å². The predicted octanol–water partition coefficient (Wildman–Crippen LogP) is 3.95. The first-order valence-corrected chi connectivity index (χ1v) is 9.10. The van der Waals surface area contributed by atoms with E-state index in [0.717, 1.165) is 24.2 Å². The van der Waals surface area contributed by atoms with Gasteiger partial charge < -0.3 is 5.32 Å². The van der Waals surface area contributed by atoms with Gasteiger partial charge in [0.15, 0.2) is 0 Å². The highest BCUT2D eigenvalue weighted by Crippen LogP contribution is 2.43. The fourth-order valence-electron chi connectivity index (χ4n) is 5.01. The molecule has 0 aromatic rings. The van der Waals surface area contributed by atoms with Crippen LogP contribution in [0.25, 0.3) is 0 Å². The highest BCUT2D eigenvalue weighted by Gasteiger charge is 2.44. The van der Waals surface area contributed by atoms with Crippen molar-refractivity contribution in [3.05, 3.63) is 0 Å². The molecule has 0 radical (unpaired) electrons. The maximum absolute atomic E-state index is 3.78. The largest absolute Gasteiger partial charge is 0.314 e. The average molecular weight is 278 g/mol. The van der Waals surface area contributed by atoms with Crippen molar-refractivity contribution in [3.8, 4) is 0 Å². The molecule has 1 saturated carbocycles. The SMILES string of the molecule is CCCNC1CC2CCC(C1)N2C1CCC(C)(C)CC1. The summed E-state index contributed by atoms with van der Waals surface area (Å²) in [6.07, 6.45) is 12.8. The van der Waals surface area contributed by atoms with Gasteiger partial charge >= 0.3 is 0 Å². The third kappa shape index (κ3) is 3.06. The van der Waals surface area contributed by atoms with Crippen LogP contribution in [0.4, 0.5) is 0 Å². The van der Waals surface area contributed by atoms with Gasteiger partial charge in [0.25, 0.3) is 0 Å². The topological polar surface area (TPSA) is 15.3 Å². The molecule has 2 aliphatic heterocycles. The molecule has 2 nitrogen and oxygen atoms in total. The lowest BCUT2D eigenvalue weighted by atomic mass is 9.74. The summed E-state index contributed by atoms with van der Waals surface area (Å²) in [7, 11) is 0. The van der Waals surface area contributed by atoms with Gasteiger partial charge in [-0.1, -0.05) is 20.8 Å². The van der Waals surface area contributed by atoms with Gasteiger partial charge in [-0.25, -0.2) is 0 Å². The Morgan fingerprint density at radius 2 is 1.55 bits per heavy atom. The van der Waals surface area contributed by atoms with Gasteiger partial charge in [-0.15, -0.1) is 0 Å². The van der Waals surface area contributed by atoms with E-state index < -0.39 is 0 Å². The van der Waals surface area contributed by atoms with E-state index in [0.29, 0.717) is 5.41 Å². The highest BCUT2D eigenvalue weighted by atomic mass is 15.3. The van der Waals surface area contributed by atoms with Gasteiger partial charge in [-0.2, -0.15) is 0 Å². The molecule has 0 aromatic heterocycles. The van der Waals surface area contributed by atoms with Crippen LogP contribution in [-0.4, -0.2) is 35.6 Å². The summed E-state index contributed by atoms with van der Waals surface area (Å²) < 4.78 is 0. The molecule has 2 atom stereocenters. The molecule has 116 valence electrons. The van der Waals surface area contributed by atoms with Crippen molar-refractivity contribution in [2.45, 2.75) is 103 Å². The van der Waals surface area contributed by atoms with Crippen molar-refractivity contribution in [2.24, 2.45) is 5.41 Å². The normalized spacial score (nSPS) is 38.2. The van der Waals surface area contributed by atoms with Crippen molar-refractivity contribution >= 4 is 0 Å². The molecule has 2 heterocycles. The maximum Gasteiger partial charge on any atom is 0.0116 e. The quantitative estimate of drug-likeness (QED) is 0.837. The molecule has 0 spiro atoms. The summed E-state index contributed by atoms with van der Waals surface area (Å²) in [5.41, 5.74) is 0.608. The molecule has 0 aromatic carbocycles. The van der Waals surface area contributed by atoms with E-state index in [1.165, 1.54) is 64.3 Å². The first-order chi connectivity index (χ1) is 9.59. The Bertz CT molecular complexity index is 301. The number of nitrogens with zero attached hydrogens (tertiary/aromatic N) is 1. The number of nitrogens with one attached hydrogen (secondary N) is 1. The average Bonchev–Trinajstić information content (AvgIpc) is 2.68. The number of piperidine rings is 1. The van der Waals surface area contributed by atoms with Crippen LogP contribution in [0.2, 0.25) is 0 Å². The molecule has 20 heavy (non-hydrogen) atoms. The molecule has 2 bridgehead atoms. The van der Waals surface area contributed by atoms with Crippen molar-refractivity contribution in [3.63, 3.8) is 0 Å². The molecule has 2 unspecified atom stereocenters. The first kappa shape index (κ1) is 14.8. The van der Waals surface area contributed by atoms with Gasteiger partial charge in [0, 0.05) is 24.2 Å². The van der Waals surface area contributed by atoms with Crippen LogP contribution in [0.5, 0.6) is 0 Å². The minimum atomic E-state index is 0.608. The van der Waals surface area contributed by atoms with Crippen LogP contribution in [0.15, 0.2) is 0 Å². The van der Waals surface area contributed by atoms with Gasteiger partial charge in [0.2, 0.25) is 0 Å². The van der Waals surface area contributed by atoms with Crippen LogP contribution in [0.1, 0.15) is 78.6 Å². The predicted molar refractivity (Wildman–Crippen MR) is 86.0 cm³/mol. The Morgan fingerprint density at radius 1 is 0.950 bits per heavy atom. The van der Waals surface area contributed by atoms with Crippen molar-refractivity contribution in [1.82, 2.24) is 10.2 Å². The fourth-order valence-corrected chi connectivity index (χ4v) is 5.01. The van der Waals surface area contributed by atoms with Crippen molar-refractivity contribution in [2.75, 3.05) is 6.54 Å². The molecule has 2 saturated heterocycles. The lowest BCUT2D eigenvalue weighted by Crippen LogP contribution is -2.54. The third-order valence-electron chi connectivity index (χ3n) is 6.20. The van der Waals surface area contributed by atoms with Crippen LogP contribution >= 0.6 is 0 Å². The van der Waals surface area contributed by atoms with Gasteiger partial charge in [-0.05, 0) is 69.7 Å². The number of fused-ring (bicyclic) bond motifs is 2. The molecule has 3 rings (SSSR count). The maximum atomic E-state index is 3.78. The summed E-state index contributed by atoms with van der Waals surface area (Å²) in [4.78, 5) is 2.97. The number of hydrogen-bond donors (Lipinski definition) is 1.